The Kier molecular flexibility index (Phi) is 4.53. The fourth-order valence-electron chi connectivity index (χ4n) is 1.78. The quantitative estimate of drug-likeness (QED) is 0.335. The number of esters is 1. The number of ether oxygens (including phenoxy) is 2. The lowest BCUT2D eigenvalue weighted by molar-refractivity contribution is -0.144. The molecular formula is C15H18O3. The highest BCUT2D eigenvalue weighted by Gasteiger charge is 2.47. The Balaban J connectivity index is 1.71. The molecule has 96 valence electrons. The second-order valence-electron chi connectivity index (χ2n) is 4.22. The zero-order valence-corrected chi connectivity index (χ0v) is 10.5. The van der Waals surface area contributed by atoms with Gasteiger partial charge < -0.3 is 9.47 Å². The average Bonchev–Trinajstić information content (AvgIpc) is 3.20. The monoisotopic (exact) mass is 246 g/mol. The van der Waals surface area contributed by atoms with Gasteiger partial charge in [-0.15, -0.1) is 0 Å². The molecule has 2 rings (SSSR count). The highest BCUT2D eigenvalue weighted by atomic mass is 16.6. The molecule has 0 radical (unpaired) electrons. The van der Waals surface area contributed by atoms with Crippen molar-refractivity contribution in [2.75, 3.05) is 6.61 Å². The molecular weight excluding hydrogens is 228 g/mol. The lowest BCUT2D eigenvalue weighted by Gasteiger charge is -2.00. The van der Waals surface area contributed by atoms with Crippen molar-refractivity contribution in [3.63, 3.8) is 0 Å². The Morgan fingerprint density at radius 2 is 2.11 bits per heavy atom. The Hall–Kier alpha value is -1.61. The van der Waals surface area contributed by atoms with Crippen molar-refractivity contribution in [3.8, 4) is 0 Å². The van der Waals surface area contributed by atoms with E-state index in [9.17, 15) is 4.79 Å². The van der Waals surface area contributed by atoms with Crippen LogP contribution in [0.5, 0.6) is 0 Å². The lowest BCUT2D eigenvalue weighted by atomic mass is 10.1. The number of epoxide rings is 1. The van der Waals surface area contributed by atoms with Gasteiger partial charge in [-0.25, -0.2) is 4.79 Å². The molecule has 1 saturated heterocycles. The topological polar surface area (TPSA) is 38.8 Å². The maximum absolute atomic E-state index is 11.7. The zero-order valence-electron chi connectivity index (χ0n) is 10.5. The normalized spacial score (nSPS) is 22.1. The van der Waals surface area contributed by atoms with Gasteiger partial charge in [0.1, 0.15) is 6.10 Å². The number of carbonyl (C=O) groups is 1. The summed E-state index contributed by atoms with van der Waals surface area (Å²) in [6, 6.07) is 9.74. The number of benzene rings is 1. The number of rotatable bonds is 6. The van der Waals surface area contributed by atoms with Crippen molar-refractivity contribution >= 4 is 5.97 Å². The maximum atomic E-state index is 11.7. The van der Waals surface area contributed by atoms with E-state index >= 15 is 0 Å². The number of carbonyl (C=O) groups excluding carboxylic acids is 1. The molecule has 0 N–H and O–H groups in total. The summed E-state index contributed by atoms with van der Waals surface area (Å²) in [4.78, 5) is 11.7. The van der Waals surface area contributed by atoms with Gasteiger partial charge in [0, 0.05) is 0 Å². The Morgan fingerprint density at radius 3 is 2.83 bits per heavy atom. The van der Waals surface area contributed by atoms with Crippen LogP contribution in [0.25, 0.3) is 0 Å². The van der Waals surface area contributed by atoms with Gasteiger partial charge >= 0.3 is 5.97 Å². The third-order valence-electron chi connectivity index (χ3n) is 2.78. The number of hydrogen-bond acceptors (Lipinski definition) is 3. The summed E-state index contributed by atoms with van der Waals surface area (Å²) in [5.74, 6) is -0.256. The summed E-state index contributed by atoms with van der Waals surface area (Å²) in [6.07, 6.45) is 5.33. The van der Waals surface area contributed by atoms with Crippen LogP contribution in [0.4, 0.5) is 0 Å². The molecule has 1 heterocycles. The largest absolute Gasteiger partial charge is 0.463 e. The van der Waals surface area contributed by atoms with E-state index in [0.29, 0.717) is 6.61 Å². The van der Waals surface area contributed by atoms with Crippen LogP contribution in [-0.2, 0) is 14.3 Å². The summed E-state index contributed by atoms with van der Waals surface area (Å²) in [7, 11) is 0. The van der Waals surface area contributed by atoms with Crippen LogP contribution in [0.1, 0.15) is 31.4 Å². The van der Waals surface area contributed by atoms with Crippen LogP contribution in [0.15, 0.2) is 42.5 Å². The van der Waals surface area contributed by atoms with Crippen molar-refractivity contribution in [3.05, 3.63) is 48.0 Å². The fraction of sp³-hybridized carbons (Fsp3) is 0.400. The summed E-state index contributed by atoms with van der Waals surface area (Å²) in [5.41, 5.74) is 1.03. The fourth-order valence-corrected chi connectivity index (χ4v) is 1.78. The first-order valence-electron chi connectivity index (χ1n) is 6.35. The average molecular weight is 246 g/mol. The molecule has 0 spiro atoms. The summed E-state index contributed by atoms with van der Waals surface area (Å²) >= 11 is 0. The van der Waals surface area contributed by atoms with Gasteiger partial charge in [0.15, 0.2) is 6.10 Å². The van der Waals surface area contributed by atoms with E-state index in [4.69, 9.17) is 9.47 Å². The van der Waals surface area contributed by atoms with E-state index in [1.54, 1.807) is 0 Å². The first-order chi connectivity index (χ1) is 8.83. The highest BCUT2D eigenvalue weighted by molar-refractivity contribution is 5.78. The molecule has 1 aromatic carbocycles. The van der Waals surface area contributed by atoms with Crippen molar-refractivity contribution in [1.29, 1.82) is 0 Å². The molecule has 18 heavy (non-hydrogen) atoms. The van der Waals surface area contributed by atoms with E-state index in [1.165, 1.54) is 0 Å². The minimum absolute atomic E-state index is 0.120. The lowest BCUT2D eigenvalue weighted by Crippen LogP contribution is -2.12. The number of hydrogen-bond donors (Lipinski definition) is 0. The standard InChI is InChI=1S/C15H18O3/c1-2-3-4-8-11-17-15(16)14-13(18-14)12-9-6-5-7-10-12/h3-7,9-10,13-14H,2,8,11H2,1H3/b4-3-/t13-,14+/m0/s1. The van der Waals surface area contributed by atoms with Gasteiger partial charge in [-0.1, -0.05) is 49.4 Å². The van der Waals surface area contributed by atoms with Crippen LogP contribution >= 0.6 is 0 Å². The first kappa shape index (κ1) is 12.8. The minimum Gasteiger partial charge on any atom is -0.463 e. The van der Waals surface area contributed by atoms with E-state index in [2.05, 4.69) is 13.0 Å². The van der Waals surface area contributed by atoms with Crippen molar-refractivity contribution in [2.24, 2.45) is 0 Å². The third-order valence-corrected chi connectivity index (χ3v) is 2.78. The maximum Gasteiger partial charge on any atom is 0.338 e. The third kappa shape index (κ3) is 3.44. The van der Waals surface area contributed by atoms with E-state index < -0.39 is 6.10 Å². The van der Waals surface area contributed by atoms with Crippen molar-refractivity contribution in [1.82, 2.24) is 0 Å². The molecule has 0 bridgehead atoms. The molecule has 3 heteroatoms. The molecule has 2 atom stereocenters. The molecule has 1 aliphatic rings. The van der Waals surface area contributed by atoms with E-state index in [-0.39, 0.29) is 12.1 Å². The molecule has 0 aromatic heterocycles. The van der Waals surface area contributed by atoms with Crippen LogP contribution in [0, 0.1) is 0 Å². The molecule has 1 aromatic rings. The van der Waals surface area contributed by atoms with Crippen LogP contribution in [0.2, 0.25) is 0 Å². The first-order valence-corrected chi connectivity index (χ1v) is 6.35. The number of allylic oxidation sites excluding steroid dienone is 1. The molecule has 0 amide bonds. The van der Waals surface area contributed by atoms with Gasteiger partial charge in [0.2, 0.25) is 0 Å². The second-order valence-corrected chi connectivity index (χ2v) is 4.22. The Bertz CT molecular complexity index is 411. The van der Waals surface area contributed by atoms with Crippen molar-refractivity contribution in [2.45, 2.75) is 32.0 Å². The predicted octanol–water partition coefficient (Wildman–Crippen LogP) is 3.03. The highest BCUT2D eigenvalue weighted by Crippen LogP contribution is 2.39. The van der Waals surface area contributed by atoms with E-state index in [1.807, 2.05) is 36.4 Å². The molecule has 0 saturated carbocycles. The molecule has 1 aliphatic heterocycles. The smallest absolute Gasteiger partial charge is 0.338 e. The van der Waals surface area contributed by atoms with Crippen molar-refractivity contribution < 1.29 is 14.3 Å². The molecule has 0 unspecified atom stereocenters. The summed E-state index contributed by atoms with van der Waals surface area (Å²) < 4.78 is 10.5. The van der Waals surface area contributed by atoms with Gasteiger partial charge in [-0.2, -0.15) is 0 Å². The molecule has 0 aliphatic carbocycles. The summed E-state index contributed by atoms with van der Waals surface area (Å²) in [5, 5.41) is 0. The van der Waals surface area contributed by atoms with Crippen LogP contribution in [0.3, 0.4) is 0 Å². The van der Waals surface area contributed by atoms with E-state index in [0.717, 1.165) is 18.4 Å². The zero-order chi connectivity index (χ0) is 12.8. The second kappa shape index (κ2) is 6.36. The van der Waals surface area contributed by atoms with Gasteiger partial charge in [-0.05, 0) is 18.4 Å². The SMILES string of the molecule is CC/C=C\CCOC(=O)[C@@H]1O[C@H]1c1ccccc1. The molecule has 3 nitrogen and oxygen atoms in total. The van der Waals surface area contributed by atoms with Gasteiger partial charge in [0.05, 0.1) is 6.61 Å². The molecule has 1 fully saturated rings. The van der Waals surface area contributed by atoms with Crippen LogP contribution in [-0.4, -0.2) is 18.7 Å². The Labute approximate surface area is 107 Å². The van der Waals surface area contributed by atoms with Gasteiger partial charge in [0.25, 0.3) is 0 Å². The van der Waals surface area contributed by atoms with Crippen LogP contribution < -0.4 is 0 Å². The predicted molar refractivity (Wildman–Crippen MR) is 69.1 cm³/mol. The van der Waals surface area contributed by atoms with Gasteiger partial charge in [-0.3, -0.25) is 0 Å². The Morgan fingerprint density at radius 1 is 1.33 bits per heavy atom. The minimum atomic E-state index is -0.414. The summed E-state index contributed by atoms with van der Waals surface area (Å²) in [6.45, 7) is 2.50.